The van der Waals surface area contributed by atoms with Gasteiger partial charge in [0.05, 0.1) is 0 Å². The lowest BCUT2D eigenvalue weighted by Crippen LogP contribution is -3.61. The molecule has 0 atom stereocenters. The average Bonchev–Trinajstić information content (AvgIpc) is 2.79. The van der Waals surface area contributed by atoms with Crippen molar-refractivity contribution in [2.24, 2.45) is 5.92 Å². The van der Waals surface area contributed by atoms with Crippen LogP contribution in [0.5, 0.6) is 0 Å². The SMILES string of the molecule is CCCCN1C(=O)C(C)C(=O)N(CCCC)S1(=O)=O.c1ccc([I+]c2ccccc2)cc1. The molecule has 8 heteroatoms. The van der Waals surface area contributed by atoms with E-state index in [2.05, 4.69) is 60.7 Å². The fourth-order valence-corrected chi connectivity index (χ4v) is 7.02. The Hall–Kier alpha value is -1.94. The summed E-state index contributed by atoms with van der Waals surface area (Å²) in [6, 6.07) is 21.4. The molecule has 0 spiro atoms. The Labute approximate surface area is 202 Å². The Kier molecular flexibility index (Phi) is 10.6. The van der Waals surface area contributed by atoms with Gasteiger partial charge in [0.25, 0.3) is 0 Å². The summed E-state index contributed by atoms with van der Waals surface area (Å²) in [5.41, 5.74) is 0. The van der Waals surface area contributed by atoms with Gasteiger partial charge in [-0.15, -0.1) is 0 Å². The molecule has 0 unspecified atom stereocenters. The zero-order chi connectivity index (χ0) is 23.6. The number of rotatable bonds is 8. The summed E-state index contributed by atoms with van der Waals surface area (Å²) in [6.07, 6.45) is 2.79. The van der Waals surface area contributed by atoms with Crippen LogP contribution in [0.25, 0.3) is 0 Å². The van der Waals surface area contributed by atoms with Crippen molar-refractivity contribution in [3.8, 4) is 0 Å². The topological polar surface area (TPSA) is 74.8 Å². The predicted octanol–water partition coefficient (Wildman–Crippen LogP) is 0.953. The lowest BCUT2D eigenvalue weighted by molar-refractivity contribution is -0.597. The smallest absolute Gasteiger partial charge is 0.273 e. The highest BCUT2D eigenvalue weighted by Crippen LogP contribution is 2.23. The molecule has 174 valence electrons. The van der Waals surface area contributed by atoms with E-state index in [1.54, 1.807) is 0 Å². The highest BCUT2D eigenvalue weighted by molar-refractivity contribution is 7.88. The van der Waals surface area contributed by atoms with E-state index in [1.807, 2.05) is 13.8 Å². The highest BCUT2D eigenvalue weighted by atomic mass is 127. The predicted molar refractivity (Wildman–Crippen MR) is 122 cm³/mol. The normalized spacial score (nSPS) is 16.0. The van der Waals surface area contributed by atoms with Gasteiger partial charge in [-0.3, -0.25) is 9.59 Å². The van der Waals surface area contributed by atoms with E-state index in [0.717, 1.165) is 21.5 Å². The highest BCUT2D eigenvalue weighted by Gasteiger charge is 2.46. The van der Waals surface area contributed by atoms with Crippen LogP contribution in [0, 0.1) is 13.1 Å². The van der Waals surface area contributed by atoms with Gasteiger partial charge in [-0.25, -0.2) is 8.61 Å². The van der Waals surface area contributed by atoms with Gasteiger partial charge in [-0.1, -0.05) is 63.1 Å². The van der Waals surface area contributed by atoms with Crippen LogP contribution in [0.3, 0.4) is 0 Å². The Morgan fingerprint density at radius 2 is 1.12 bits per heavy atom. The Bertz CT molecular complexity index is 897. The number of hydrogen-bond acceptors (Lipinski definition) is 4. The Morgan fingerprint density at radius 3 is 1.47 bits per heavy atom. The van der Waals surface area contributed by atoms with Gasteiger partial charge < -0.3 is 0 Å². The molecule has 1 heterocycles. The van der Waals surface area contributed by atoms with Crippen molar-refractivity contribution in [3.05, 3.63) is 67.8 Å². The number of carbonyl (C=O) groups is 2. The number of carbonyl (C=O) groups excluding carboxylic acids is 2. The second-order valence-corrected chi connectivity index (χ2v) is 12.3. The minimum absolute atomic E-state index is 0.0287. The van der Waals surface area contributed by atoms with Crippen molar-refractivity contribution >= 4 is 22.0 Å². The van der Waals surface area contributed by atoms with Gasteiger partial charge in [0.15, 0.2) is 7.14 Å². The quantitative estimate of drug-likeness (QED) is 0.350. The van der Waals surface area contributed by atoms with Gasteiger partial charge in [-0.05, 0) is 44.0 Å². The Morgan fingerprint density at radius 1 is 0.750 bits per heavy atom. The molecule has 6 nitrogen and oxygen atoms in total. The van der Waals surface area contributed by atoms with Gasteiger partial charge in [0.2, 0.25) is 11.8 Å². The summed E-state index contributed by atoms with van der Waals surface area (Å²) >= 11 is 0.0287. The van der Waals surface area contributed by atoms with E-state index in [4.69, 9.17) is 0 Å². The van der Waals surface area contributed by atoms with Crippen LogP contribution < -0.4 is 21.2 Å². The number of nitrogens with zero attached hydrogens (tertiary/aromatic N) is 2. The van der Waals surface area contributed by atoms with Gasteiger partial charge in [0.1, 0.15) is 5.92 Å². The van der Waals surface area contributed by atoms with Crippen molar-refractivity contribution in [2.75, 3.05) is 13.1 Å². The first-order chi connectivity index (χ1) is 15.3. The maximum atomic E-state index is 12.3. The maximum absolute atomic E-state index is 12.3. The Balaban J connectivity index is 0.000000242. The first-order valence-electron chi connectivity index (χ1n) is 11.0. The van der Waals surface area contributed by atoms with Crippen LogP contribution in [0.4, 0.5) is 0 Å². The monoisotopic (exact) mass is 571 g/mol. The minimum atomic E-state index is -3.97. The van der Waals surface area contributed by atoms with Gasteiger partial charge in [-0.2, -0.15) is 8.42 Å². The molecule has 2 amide bonds. The van der Waals surface area contributed by atoms with E-state index < -0.39 is 27.9 Å². The molecule has 3 rings (SSSR count). The summed E-state index contributed by atoms with van der Waals surface area (Å²) in [6.45, 7) is 5.61. The maximum Gasteiger partial charge on any atom is 0.357 e. The summed E-state index contributed by atoms with van der Waals surface area (Å²) in [5, 5.41) is 0. The van der Waals surface area contributed by atoms with Crippen molar-refractivity contribution in [3.63, 3.8) is 0 Å². The molecule has 32 heavy (non-hydrogen) atoms. The van der Waals surface area contributed by atoms with Gasteiger partial charge in [0, 0.05) is 13.1 Å². The fourth-order valence-electron chi connectivity index (χ4n) is 3.02. The minimum Gasteiger partial charge on any atom is -0.273 e. The number of hydrogen-bond donors (Lipinski definition) is 0. The van der Waals surface area contributed by atoms with Crippen LogP contribution in [0.1, 0.15) is 46.5 Å². The molecule has 0 radical (unpaired) electrons. The third-order valence-electron chi connectivity index (χ3n) is 4.90. The molecule has 1 fully saturated rings. The lowest BCUT2D eigenvalue weighted by Gasteiger charge is -2.37. The van der Waals surface area contributed by atoms with Gasteiger partial charge >= 0.3 is 31.4 Å². The molecule has 0 aliphatic carbocycles. The van der Waals surface area contributed by atoms with Crippen molar-refractivity contribution in [1.29, 1.82) is 0 Å². The van der Waals surface area contributed by atoms with E-state index in [0.29, 0.717) is 12.8 Å². The van der Waals surface area contributed by atoms with Crippen molar-refractivity contribution in [1.82, 2.24) is 8.61 Å². The second-order valence-electron chi connectivity index (χ2n) is 7.44. The van der Waals surface area contributed by atoms with Crippen molar-refractivity contribution in [2.45, 2.75) is 46.5 Å². The number of halogens is 1. The molecular formula is C24H32IN2O4S+. The molecule has 0 bridgehead atoms. The molecule has 1 saturated heterocycles. The van der Waals surface area contributed by atoms with Crippen LogP contribution >= 0.6 is 0 Å². The lowest BCUT2D eigenvalue weighted by atomic mass is 10.1. The van der Waals surface area contributed by atoms with Crippen LogP contribution in [-0.2, 0) is 19.8 Å². The third-order valence-corrected chi connectivity index (χ3v) is 9.43. The number of amides is 2. The molecule has 0 N–H and O–H groups in total. The van der Waals surface area contributed by atoms with E-state index in [1.165, 1.54) is 14.1 Å². The average molecular weight is 572 g/mol. The van der Waals surface area contributed by atoms with E-state index in [-0.39, 0.29) is 34.3 Å². The van der Waals surface area contributed by atoms with Crippen LogP contribution in [0.2, 0.25) is 0 Å². The summed E-state index contributed by atoms with van der Waals surface area (Å²) in [5.74, 6) is -2.12. The van der Waals surface area contributed by atoms with Crippen molar-refractivity contribution < 1.29 is 39.2 Å². The zero-order valence-corrected chi connectivity index (χ0v) is 21.9. The second kappa shape index (κ2) is 12.9. The van der Waals surface area contributed by atoms with E-state index >= 15 is 0 Å². The number of benzene rings is 2. The van der Waals surface area contributed by atoms with E-state index in [9.17, 15) is 18.0 Å². The molecule has 0 saturated carbocycles. The standard InChI is InChI=1S/C12H10I.C12H22N2O4S/c1-3-7-11(8-4-1)13-12-9-5-2-6-10-12;1-4-6-8-13-11(15)10(3)12(16)14(9-7-5-2)19(13,17)18/h1-10H;10H,4-9H2,1-3H3/q+1;. The summed E-state index contributed by atoms with van der Waals surface area (Å²) in [7, 11) is -3.97. The largest absolute Gasteiger partial charge is 0.357 e. The molecule has 2 aromatic carbocycles. The molecular weight excluding hydrogens is 539 g/mol. The fraction of sp³-hybridized carbons (Fsp3) is 0.417. The summed E-state index contributed by atoms with van der Waals surface area (Å²) in [4.78, 5) is 24.0. The molecule has 1 aliphatic heterocycles. The first kappa shape index (κ1) is 26.3. The number of unbranched alkanes of at least 4 members (excludes halogenated alkanes) is 2. The van der Waals surface area contributed by atoms with Crippen LogP contribution in [-0.4, -0.2) is 41.9 Å². The molecule has 0 aromatic heterocycles. The molecule has 1 aliphatic rings. The summed E-state index contributed by atoms with van der Waals surface area (Å²) < 4.78 is 29.3. The zero-order valence-electron chi connectivity index (χ0n) is 18.9. The molecule has 2 aromatic rings. The third kappa shape index (κ3) is 7.03. The first-order valence-corrected chi connectivity index (χ1v) is 14.5. The van der Waals surface area contributed by atoms with Crippen LogP contribution in [0.15, 0.2) is 60.7 Å².